The lowest BCUT2D eigenvalue weighted by molar-refractivity contribution is -0.143. The van der Waals surface area contributed by atoms with Gasteiger partial charge in [0.15, 0.2) is 0 Å². The molecule has 6 nitrogen and oxygen atoms in total. The van der Waals surface area contributed by atoms with Crippen LogP contribution in [0.4, 0.5) is 0 Å². The standard InChI is InChI=1S/C18H20N2O4/c21-16-9-14(13-3-1-2-4-15(13)20-16)17(22)19-10-11-5-7-12(8-6-11)18(23)24/h1-4,9,11-12H,5-8,10H2,(H,19,22)(H,20,21)(H,23,24). The van der Waals surface area contributed by atoms with Crippen molar-refractivity contribution in [3.05, 3.63) is 46.2 Å². The number of carbonyl (C=O) groups excluding carboxylic acids is 1. The maximum atomic E-state index is 12.5. The minimum absolute atomic E-state index is 0.256. The molecular weight excluding hydrogens is 308 g/mol. The van der Waals surface area contributed by atoms with E-state index in [1.54, 1.807) is 18.2 Å². The second kappa shape index (κ2) is 6.86. The zero-order chi connectivity index (χ0) is 17.1. The summed E-state index contributed by atoms with van der Waals surface area (Å²) >= 11 is 0. The molecule has 0 unspecified atom stereocenters. The second-order valence-electron chi connectivity index (χ2n) is 6.36. The molecule has 126 valence electrons. The molecule has 2 aromatic rings. The summed E-state index contributed by atoms with van der Waals surface area (Å²) in [5.41, 5.74) is 0.700. The number of aromatic nitrogens is 1. The molecule has 0 saturated heterocycles. The molecule has 3 rings (SSSR count). The third kappa shape index (κ3) is 3.48. The molecule has 0 bridgehead atoms. The first-order chi connectivity index (χ1) is 11.5. The van der Waals surface area contributed by atoms with E-state index in [4.69, 9.17) is 5.11 Å². The monoisotopic (exact) mass is 328 g/mol. The number of para-hydroxylation sites is 1. The molecule has 1 heterocycles. The lowest BCUT2D eigenvalue weighted by Crippen LogP contribution is -2.33. The molecule has 1 aromatic carbocycles. The van der Waals surface area contributed by atoms with Crippen LogP contribution in [0.2, 0.25) is 0 Å². The minimum Gasteiger partial charge on any atom is -0.481 e. The Morgan fingerprint density at radius 1 is 1.17 bits per heavy atom. The van der Waals surface area contributed by atoms with Gasteiger partial charge in [0.2, 0.25) is 5.56 Å². The van der Waals surface area contributed by atoms with Crippen molar-refractivity contribution in [2.75, 3.05) is 6.54 Å². The van der Waals surface area contributed by atoms with Gasteiger partial charge in [0.25, 0.3) is 5.91 Å². The number of benzene rings is 1. The van der Waals surface area contributed by atoms with Gasteiger partial charge in [0.05, 0.1) is 11.5 Å². The maximum Gasteiger partial charge on any atom is 0.306 e. The van der Waals surface area contributed by atoms with Crippen LogP contribution >= 0.6 is 0 Å². The van der Waals surface area contributed by atoms with Crippen LogP contribution in [0.5, 0.6) is 0 Å². The van der Waals surface area contributed by atoms with Crippen LogP contribution in [-0.2, 0) is 4.79 Å². The molecule has 1 aliphatic rings. The van der Waals surface area contributed by atoms with Gasteiger partial charge in [-0.25, -0.2) is 0 Å². The molecule has 0 radical (unpaired) electrons. The molecule has 1 aliphatic carbocycles. The number of H-pyrrole nitrogens is 1. The second-order valence-corrected chi connectivity index (χ2v) is 6.36. The first kappa shape index (κ1) is 16.2. The van der Waals surface area contributed by atoms with Gasteiger partial charge in [-0.1, -0.05) is 18.2 Å². The van der Waals surface area contributed by atoms with E-state index in [9.17, 15) is 14.4 Å². The fourth-order valence-corrected chi connectivity index (χ4v) is 3.34. The van der Waals surface area contributed by atoms with Gasteiger partial charge in [-0.2, -0.15) is 0 Å². The molecule has 3 N–H and O–H groups in total. The Morgan fingerprint density at radius 2 is 1.88 bits per heavy atom. The van der Waals surface area contributed by atoms with Gasteiger partial charge in [0, 0.05) is 23.5 Å². The van der Waals surface area contributed by atoms with Crippen molar-refractivity contribution in [3.63, 3.8) is 0 Å². The Kier molecular flexibility index (Phi) is 4.64. The van der Waals surface area contributed by atoms with Gasteiger partial charge >= 0.3 is 5.97 Å². The van der Waals surface area contributed by atoms with E-state index in [1.165, 1.54) is 6.07 Å². The van der Waals surface area contributed by atoms with Gasteiger partial charge in [-0.15, -0.1) is 0 Å². The number of fused-ring (bicyclic) bond motifs is 1. The van der Waals surface area contributed by atoms with E-state index >= 15 is 0 Å². The van der Waals surface area contributed by atoms with E-state index in [2.05, 4.69) is 10.3 Å². The van der Waals surface area contributed by atoms with Crippen LogP contribution < -0.4 is 10.9 Å². The van der Waals surface area contributed by atoms with Crippen LogP contribution in [0.3, 0.4) is 0 Å². The molecule has 1 saturated carbocycles. The third-order valence-corrected chi connectivity index (χ3v) is 4.74. The first-order valence-corrected chi connectivity index (χ1v) is 8.17. The number of nitrogens with one attached hydrogen (secondary N) is 2. The van der Waals surface area contributed by atoms with Crippen LogP contribution in [0.15, 0.2) is 35.1 Å². The fourth-order valence-electron chi connectivity index (χ4n) is 3.34. The Bertz CT molecular complexity index is 819. The Balaban J connectivity index is 1.66. The summed E-state index contributed by atoms with van der Waals surface area (Å²) in [5, 5.41) is 12.6. The SMILES string of the molecule is O=C(NCC1CCC(C(=O)O)CC1)c1cc(=O)[nH]c2ccccc12. The summed E-state index contributed by atoms with van der Waals surface area (Å²) in [5.74, 6) is -0.962. The van der Waals surface area contributed by atoms with Crippen molar-refractivity contribution in [3.8, 4) is 0 Å². The lowest BCUT2D eigenvalue weighted by Gasteiger charge is -2.26. The Hall–Kier alpha value is -2.63. The molecule has 1 amide bonds. The number of carboxylic acids is 1. The fraction of sp³-hybridized carbons (Fsp3) is 0.389. The van der Waals surface area contributed by atoms with E-state index in [0.29, 0.717) is 35.9 Å². The van der Waals surface area contributed by atoms with Gasteiger partial charge in [-0.3, -0.25) is 14.4 Å². The van der Waals surface area contributed by atoms with Crippen LogP contribution in [0.25, 0.3) is 10.9 Å². The molecule has 0 aliphatic heterocycles. The van der Waals surface area contributed by atoms with Gasteiger partial charge < -0.3 is 15.4 Å². The molecule has 0 atom stereocenters. The van der Waals surface area contributed by atoms with E-state index in [-0.39, 0.29) is 23.3 Å². The topological polar surface area (TPSA) is 99.3 Å². The van der Waals surface area contributed by atoms with E-state index in [1.807, 2.05) is 6.07 Å². The van der Waals surface area contributed by atoms with Crippen molar-refractivity contribution in [1.82, 2.24) is 10.3 Å². The van der Waals surface area contributed by atoms with Crippen molar-refractivity contribution >= 4 is 22.8 Å². The van der Waals surface area contributed by atoms with Crippen molar-refractivity contribution in [2.45, 2.75) is 25.7 Å². The highest BCUT2D eigenvalue weighted by molar-refractivity contribution is 6.05. The average molecular weight is 328 g/mol. The van der Waals surface area contributed by atoms with Gasteiger partial charge in [-0.05, 0) is 37.7 Å². The normalized spacial score (nSPS) is 20.7. The lowest BCUT2D eigenvalue weighted by atomic mass is 9.82. The van der Waals surface area contributed by atoms with Crippen molar-refractivity contribution in [2.24, 2.45) is 11.8 Å². The number of amides is 1. The summed E-state index contributed by atoms with van der Waals surface area (Å²) in [6.07, 6.45) is 2.91. The number of hydrogen-bond donors (Lipinski definition) is 3. The minimum atomic E-state index is -0.729. The average Bonchev–Trinajstić information content (AvgIpc) is 2.59. The molecule has 0 spiro atoms. The maximum absolute atomic E-state index is 12.5. The van der Waals surface area contributed by atoms with Crippen LogP contribution in [-0.4, -0.2) is 28.5 Å². The summed E-state index contributed by atoms with van der Waals surface area (Å²) in [6, 6.07) is 8.52. The highest BCUT2D eigenvalue weighted by Gasteiger charge is 2.26. The number of rotatable bonds is 4. The predicted molar refractivity (Wildman–Crippen MR) is 90.0 cm³/mol. The van der Waals surface area contributed by atoms with Crippen molar-refractivity contribution < 1.29 is 14.7 Å². The number of hydrogen-bond acceptors (Lipinski definition) is 3. The molecule has 24 heavy (non-hydrogen) atoms. The number of pyridine rings is 1. The van der Waals surface area contributed by atoms with Crippen LogP contribution in [0, 0.1) is 11.8 Å². The Morgan fingerprint density at radius 3 is 2.58 bits per heavy atom. The quantitative estimate of drug-likeness (QED) is 0.800. The largest absolute Gasteiger partial charge is 0.481 e. The smallest absolute Gasteiger partial charge is 0.306 e. The van der Waals surface area contributed by atoms with Gasteiger partial charge in [0.1, 0.15) is 0 Å². The third-order valence-electron chi connectivity index (χ3n) is 4.74. The summed E-state index contributed by atoms with van der Waals surface area (Å²) in [6.45, 7) is 0.506. The zero-order valence-electron chi connectivity index (χ0n) is 13.2. The summed E-state index contributed by atoms with van der Waals surface area (Å²) in [4.78, 5) is 37.9. The Labute approximate surface area is 138 Å². The summed E-state index contributed by atoms with van der Waals surface area (Å²) in [7, 11) is 0. The molecule has 1 fully saturated rings. The first-order valence-electron chi connectivity index (χ1n) is 8.17. The highest BCUT2D eigenvalue weighted by Crippen LogP contribution is 2.28. The van der Waals surface area contributed by atoms with E-state index in [0.717, 1.165) is 12.8 Å². The van der Waals surface area contributed by atoms with Crippen molar-refractivity contribution in [1.29, 1.82) is 0 Å². The number of carboxylic acid groups (broad SMARTS) is 1. The predicted octanol–water partition coefficient (Wildman–Crippen LogP) is 2.15. The number of aliphatic carboxylic acids is 1. The number of carbonyl (C=O) groups is 2. The molecule has 1 aromatic heterocycles. The highest BCUT2D eigenvalue weighted by atomic mass is 16.4. The zero-order valence-corrected chi connectivity index (χ0v) is 13.2. The summed E-state index contributed by atoms with van der Waals surface area (Å²) < 4.78 is 0. The van der Waals surface area contributed by atoms with Crippen LogP contribution in [0.1, 0.15) is 36.0 Å². The van der Waals surface area contributed by atoms with E-state index < -0.39 is 5.97 Å². The molecular formula is C18H20N2O4. The molecule has 6 heteroatoms. The number of aromatic amines is 1.